The lowest BCUT2D eigenvalue weighted by Gasteiger charge is -2.12. The van der Waals surface area contributed by atoms with E-state index in [-0.39, 0.29) is 11.5 Å². The van der Waals surface area contributed by atoms with Crippen LogP contribution in [0.2, 0.25) is 0 Å². The third-order valence-corrected chi connectivity index (χ3v) is 5.77. The zero-order valence-electron chi connectivity index (χ0n) is 19.4. The Morgan fingerprint density at radius 3 is 2.44 bits per heavy atom. The van der Waals surface area contributed by atoms with Crippen LogP contribution in [0.1, 0.15) is 22.3 Å². The van der Waals surface area contributed by atoms with E-state index in [1.165, 1.54) is 0 Å². The highest BCUT2D eigenvalue weighted by Gasteiger charge is 2.13. The van der Waals surface area contributed by atoms with Gasteiger partial charge in [-0.1, -0.05) is 66.7 Å². The Bertz CT molecular complexity index is 1360. The molecule has 4 rings (SSSR count). The number of hydrogen-bond acceptors (Lipinski definition) is 3. The zero-order chi connectivity index (χ0) is 23.9. The van der Waals surface area contributed by atoms with E-state index in [2.05, 4.69) is 16.0 Å². The number of aryl methyl sites for hydroxylation is 2. The van der Waals surface area contributed by atoms with Gasteiger partial charge in [0.1, 0.15) is 24.0 Å². The summed E-state index contributed by atoms with van der Waals surface area (Å²) in [5, 5.41) is 13.5. The topological polar surface area (TPSA) is 67.0 Å². The van der Waals surface area contributed by atoms with E-state index in [1.807, 2.05) is 92.8 Å². The fraction of sp³-hybridized carbons (Fsp3) is 0.172. The monoisotopic (exact) mass is 449 g/mol. The van der Waals surface area contributed by atoms with Gasteiger partial charge in [-0.3, -0.25) is 4.79 Å². The second-order valence-electron chi connectivity index (χ2n) is 8.20. The number of fused-ring (bicyclic) bond motifs is 1. The minimum Gasteiger partial charge on any atom is -0.491 e. The number of rotatable bonds is 8. The molecule has 0 aliphatic rings. The third-order valence-electron chi connectivity index (χ3n) is 5.77. The van der Waals surface area contributed by atoms with E-state index in [1.54, 1.807) is 6.08 Å². The van der Waals surface area contributed by atoms with Crippen molar-refractivity contribution in [2.75, 3.05) is 6.61 Å². The fourth-order valence-electron chi connectivity index (χ4n) is 4.03. The molecule has 0 fully saturated rings. The van der Waals surface area contributed by atoms with Gasteiger partial charge in [-0.2, -0.15) is 5.26 Å². The fourth-order valence-corrected chi connectivity index (χ4v) is 4.03. The summed E-state index contributed by atoms with van der Waals surface area (Å²) in [6.07, 6.45) is 3.63. The van der Waals surface area contributed by atoms with E-state index in [4.69, 9.17) is 4.74 Å². The van der Waals surface area contributed by atoms with Crippen LogP contribution in [0.3, 0.4) is 0 Å². The molecule has 1 heterocycles. The molecule has 5 nitrogen and oxygen atoms in total. The van der Waals surface area contributed by atoms with Crippen molar-refractivity contribution in [3.63, 3.8) is 0 Å². The number of ether oxygens (including phenoxy) is 1. The van der Waals surface area contributed by atoms with Crippen LogP contribution in [-0.4, -0.2) is 17.1 Å². The number of amides is 1. The molecule has 1 aromatic heterocycles. The lowest BCUT2D eigenvalue weighted by atomic mass is 10.1. The second kappa shape index (κ2) is 10.5. The summed E-state index contributed by atoms with van der Waals surface area (Å²) in [6.45, 7) is 5.61. The van der Waals surface area contributed by atoms with E-state index in [9.17, 15) is 10.1 Å². The standard InChI is InChI=1S/C29H27N3O2/c1-21-9-8-10-22(2)28(21)34-16-15-32-20-25(26-13-6-7-14-27(26)32)17-24(18-30)29(33)31-19-23-11-4-3-5-12-23/h3-14,17,20H,15-16,19H2,1-2H3,(H,31,33). The van der Waals surface area contributed by atoms with Gasteiger partial charge < -0.3 is 14.6 Å². The molecular formula is C29H27N3O2. The van der Waals surface area contributed by atoms with Crippen molar-refractivity contribution in [3.05, 3.63) is 107 Å². The summed E-state index contributed by atoms with van der Waals surface area (Å²) in [5.74, 6) is 0.530. The Labute approximate surface area is 199 Å². The van der Waals surface area contributed by atoms with Gasteiger partial charge in [0.2, 0.25) is 0 Å². The van der Waals surface area contributed by atoms with Gasteiger partial charge in [0, 0.05) is 29.2 Å². The predicted octanol–water partition coefficient (Wildman–Crippen LogP) is 5.56. The Morgan fingerprint density at radius 2 is 1.71 bits per heavy atom. The van der Waals surface area contributed by atoms with Crippen LogP contribution in [0.15, 0.2) is 84.6 Å². The average molecular weight is 450 g/mol. The number of hydrogen-bond donors (Lipinski definition) is 1. The number of para-hydroxylation sites is 2. The SMILES string of the molecule is Cc1cccc(C)c1OCCn1cc(C=C(C#N)C(=O)NCc2ccccc2)c2ccccc21. The van der Waals surface area contributed by atoms with Gasteiger partial charge in [0.05, 0.1) is 6.54 Å². The van der Waals surface area contributed by atoms with Crippen molar-refractivity contribution >= 4 is 22.9 Å². The molecule has 1 N–H and O–H groups in total. The van der Waals surface area contributed by atoms with E-state index < -0.39 is 0 Å². The van der Waals surface area contributed by atoms with Crippen LogP contribution in [0.25, 0.3) is 17.0 Å². The molecule has 1 amide bonds. The Morgan fingerprint density at radius 1 is 1.00 bits per heavy atom. The van der Waals surface area contributed by atoms with E-state index >= 15 is 0 Å². The quantitative estimate of drug-likeness (QED) is 0.283. The van der Waals surface area contributed by atoms with Crippen molar-refractivity contribution in [2.45, 2.75) is 26.9 Å². The van der Waals surface area contributed by atoms with Crippen molar-refractivity contribution in [3.8, 4) is 11.8 Å². The van der Waals surface area contributed by atoms with Gasteiger partial charge >= 0.3 is 0 Å². The first-order valence-corrected chi connectivity index (χ1v) is 11.3. The lowest BCUT2D eigenvalue weighted by Crippen LogP contribution is -2.23. The minimum absolute atomic E-state index is 0.0746. The highest BCUT2D eigenvalue weighted by atomic mass is 16.5. The molecule has 34 heavy (non-hydrogen) atoms. The van der Waals surface area contributed by atoms with Crippen LogP contribution in [0, 0.1) is 25.2 Å². The highest BCUT2D eigenvalue weighted by molar-refractivity contribution is 6.04. The maximum Gasteiger partial charge on any atom is 0.262 e. The summed E-state index contributed by atoms with van der Waals surface area (Å²) in [4.78, 5) is 12.7. The normalized spacial score (nSPS) is 11.3. The Balaban J connectivity index is 1.52. The van der Waals surface area contributed by atoms with Crippen LogP contribution in [0.5, 0.6) is 5.75 Å². The van der Waals surface area contributed by atoms with Crippen molar-refractivity contribution in [1.82, 2.24) is 9.88 Å². The number of carbonyl (C=O) groups is 1. The van der Waals surface area contributed by atoms with Gasteiger partial charge in [-0.25, -0.2) is 0 Å². The van der Waals surface area contributed by atoms with Crippen molar-refractivity contribution < 1.29 is 9.53 Å². The third kappa shape index (κ3) is 5.19. The first kappa shape index (κ1) is 22.9. The molecule has 0 radical (unpaired) electrons. The predicted molar refractivity (Wildman–Crippen MR) is 135 cm³/mol. The summed E-state index contributed by atoms with van der Waals surface area (Å²) in [6, 6.07) is 25.8. The molecule has 0 saturated heterocycles. The lowest BCUT2D eigenvalue weighted by molar-refractivity contribution is -0.117. The first-order chi connectivity index (χ1) is 16.6. The smallest absolute Gasteiger partial charge is 0.262 e. The molecule has 0 saturated carbocycles. The minimum atomic E-state index is -0.387. The van der Waals surface area contributed by atoms with Crippen molar-refractivity contribution in [1.29, 1.82) is 5.26 Å². The summed E-state index contributed by atoms with van der Waals surface area (Å²) < 4.78 is 8.19. The molecule has 170 valence electrons. The Hall–Kier alpha value is -4.30. The van der Waals surface area contributed by atoms with Crippen LogP contribution in [-0.2, 0) is 17.9 Å². The Kier molecular flexibility index (Phi) is 7.10. The van der Waals surface area contributed by atoms with Crippen LogP contribution < -0.4 is 10.1 Å². The molecule has 0 unspecified atom stereocenters. The largest absolute Gasteiger partial charge is 0.491 e. The first-order valence-electron chi connectivity index (χ1n) is 11.3. The van der Waals surface area contributed by atoms with Gasteiger partial charge in [0.25, 0.3) is 5.91 Å². The molecule has 0 aliphatic heterocycles. The van der Waals surface area contributed by atoms with Crippen LogP contribution in [0.4, 0.5) is 0 Å². The molecule has 3 aromatic carbocycles. The maximum atomic E-state index is 12.7. The van der Waals surface area contributed by atoms with E-state index in [0.29, 0.717) is 19.7 Å². The van der Waals surface area contributed by atoms with Crippen LogP contribution >= 0.6 is 0 Å². The van der Waals surface area contributed by atoms with Gasteiger partial charge in [-0.15, -0.1) is 0 Å². The van der Waals surface area contributed by atoms with Crippen molar-refractivity contribution in [2.24, 2.45) is 0 Å². The molecule has 5 heteroatoms. The number of nitriles is 1. The molecule has 4 aromatic rings. The zero-order valence-corrected chi connectivity index (χ0v) is 19.4. The number of carbonyl (C=O) groups excluding carboxylic acids is 1. The maximum absolute atomic E-state index is 12.7. The molecule has 0 aliphatic carbocycles. The van der Waals surface area contributed by atoms with Gasteiger partial charge in [-0.05, 0) is 42.7 Å². The van der Waals surface area contributed by atoms with Gasteiger partial charge in [0.15, 0.2) is 0 Å². The van der Waals surface area contributed by atoms with E-state index in [0.717, 1.165) is 38.9 Å². The number of nitrogens with one attached hydrogen (secondary N) is 1. The summed E-state index contributed by atoms with van der Waals surface area (Å²) in [7, 11) is 0. The highest BCUT2D eigenvalue weighted by Crippen LogP contribution is 2.25. The molecule has 0 atom stereocenters. The summed E-state index contributed by atoms with van der Waals surface area (Å²) >= 11 is 0. The number of nitrogens with zero attached hydrogens (tertiary/aromatic N) is 2. The second-order valence-corrected chi connectivity index (χ2v) is 8.20. The average Bonchev–Trinajstić information content (AvgIpc) is 3.21. The summed E-state index contributed by atoms with van der Waals surface area (Å²) in [5.41, 5.74) is 5.14. The number of aromatic nitrogens is 1. The molecule has 0 bridgehead atoms. The number of benzene rings is 3. The molecule has 0 spiro atoms. The molecular weight excluding hydrogens is 422 g/mol.